The zero-order valence-corrected chi connectivity index (χ0v) is 15.7. The Bertz CT molecular complexity index is 688. The van der Waals surface area contributed by atoms with Gasteiger partial charge in [-0.3, -0.25) is 0 Å². The van der Waals surface area contributed by atoms with Crippen LogP contribution >= 0.6 is 0 Å². The topological polar surface area (TPSA) is 0 Å². The Balaban J connectivity index is 1.65. The van der Waals surface area contributed by atoms with E-state index in [4.69, 9.17) is 5.48 Å². The van der Waals surface area contributed by atoms with Gasteiger partial charge < -0.3 is 0 Å². The molecular weight excluding hydrogens is 333 g/mol. The van der Waals surface area contributed by atoms with Gasteiger partial charge in [0.15, 0.2) is 17.5 Å². The Labute approximate surface area is 162 Å². The molecule has 0 saturated heterocycles. The highest BCUT2D eigenvalue weighted by Gasteiger charge is 2.30. The summed E-state index contributed by atoms with van der Waals surface area (Å²) in [6.45, 7) is 2.20. The minimum atomic E-state index is -1.68. The minimum Gasteiger partial charge on any atom is -0.204 e. The van der Waals surface area contributed by atoms with E-state index in [1.165, 1.54) is 12.8 Å². The molecule has 0 nitrogen and oxygen atoms in total. The largest absolute Gasteiger partial charge is 0.204 e. The fraction of sp³-hybridized carbons (Fsp3) is 0.739. The molecular formula is C23H33F3. The lowest BCUT2D eigenvalue weighted by Crippen LogP contribution is -2.26. The van der Waals surface area contributed by atoms with Crippen molar-refractivity contribution in [3.63, 3.8) is 0 Å². The molecule has 0 radical (unpaired) electrons. The Morgan fingerprint density at radius 3 is 2.00 bits per heavy atom. The Hall–Kier alpha value is -0.990. The van der Waals surface area contributed by atoms with E-state index in [-0.39, 0.29) is 24.3 Å². The van der Waals surface area contributed by atoms with Crippen LogP contribution in [0.4, 0.5) is 13.2 Å². The van der Waals surface area contributed by atoms with Crippen LogP contribution in [-0.4, -0.2) is 0 Å². The third-order valence-electron chi connectivity index (χ3n) is 6.27. The molecule has 0 unspecified atom stereocenters. The highest BCUT2D eigenvalue weighted by Crippen LogP contribution is 2.42. The molecule has 0 aliphatic heterocycles. The van der Waals surface area contributed by atoms with Crippen LogP contribution in [0.5, 0.6) is 0 Å². The predicted molar refractivity (Wildman–Crippen MR) is 100 cm³/mol. The molecule has 146 valence electrons. The molecule has 2 aliphatic carbocycles. The molecule has 0 bridgehead atoms. The van der Waals surface area contributed by atoms with E-state index in [9.17, 15) is 13.2 Å². The SMILES string of the molecule is [2H]C1([2H])CC(C2CCC(CCC)CC2)CC([2H])([2H])C1CCc1cc(F)c(F)c(F)c1. The first-order valence-corrected chi connectivity index (χ1v) is 10.2. The second-order valence-corrected chi connectivity index (χ2v) is 8.11. The lowest BCUT2D eigenvalue weighted by molar-refractivity contribution is 0.141. The molecule has 26 heavy (non-hydrogen) atoms. The average molecular weight is 371 g/mol. The molecule has 0 atom stereocenters. The van der Waals surface area contributed by atoms with Crippen molar-refractivity contribution in [1.29, 1.82) is 0 Å². The van der Waals surface area contributed by atoms with Crippen LogP contribution in [0, 0.1) is 41.1 Å². The quantitative estimate of drug-likeness (QED) is 0.456. The summed E-state index contributed by atoms with van der Waals surface area (Å²) in [4.78, 5) is 0. The summed E-state index contributed by atoms with van der Waals surface area (Å²) >= 11 is 0. The third kappa shape index (κ3) is 5.04. The number of hydrogen-bond acceptors (Lipinski definition) is 0. The first kappa shape index (κ1) is 15.0. The van der Waals surface area contributed by atoms with Crippen LogP contribution in [0.25, 0.3) is 0 Å². The van der Waals surface area contributed by atoms with Crippen LogP contribution in [-0.2, 0) is 6.42 Å². The summed E-state index contributed by atoms with van der Waals surface area (Å²) in [6.07, 6.45) is 4.44. The van der Waals surface area contributed by atoms with Gasteiger partial charge in [-0.05, 0) is 79.9 Å². The highest BCUT2D eigenvalue weighted by atomic mass is 19.2. The maximum atomic E-state index is 13.5. The Kier molecular flexibility index (Phi) is 5.35. The number of hydrogen-bond donors (Lipinski definition) is 0. The van der Waals surface area contributed by atoms with E-state index in [0.717, 1.165) is 43.7 Å². The zero-order chi connectivity index (χ0) is 22.1. The summed E-state index contributed by atoms with van der Waals surface area (Å²) in [6, 6.07) is 1.84. The van der Waals surface area contributed by atoms with Gasteiger partial charge in [-0.2, -0.15) is 0 Å². The fourth-order valence-corrected chi connectivity index (χ4v) is 4.69. The van der Waals surface area contributed by atoms with Crippen LogP contribution in [0.1, 0.15) is 88.5 Å². The van der Waals surface area contributed by atoms with Gasteiger partial charge >= 0.3 is 0 Å². The lowest BCUT2D eigenvalue weighted by Gasteiger charge is -2.38. The maximum Gasteiger partial charge on any atom is 0.194 e. The smallest absolute Gasteiger partial charge is 0.194 e. The van der Waals surface area contributed by atoms with E-state index in [1.807, 2.05) is 0 Å². The van der Waals surface area contributed by atoms with Crippen molar-refractivity contribution in [3.05, 3.63) is 35.1 Å². The maximum absolute atomic E-state index is 13.5. The summed E-state index contributed by atoms with van der Waals surface area (Å²) in [7, 11) is 0. The number of rotatable bonds is 6. The zero-order valence-electron chi connectivity index (χ0n) is 19.7. The summed E-state index contributed by atoms with van der Waals surface area (Å²) in [5.74, 6) is -3.73. The van der Waals surface area contributed by atoms with Gasteiger partial charge in [-0.15, -0.1) is 0 Å². The van der Waals surface area contributed by atoms with Gasteiger partial charge in [0.25, 0.3) is 0 Å². The van der Waals surface area contributed by atoms with Gasteiger partial charge in [0.2, 0.25) is 0 Å². The van der Waals surface area contributed by atoms with Crippen LogP contribution < -0.4 is 0 Å². The molecule has 1 aromatic rings. The minimum absolute atomic E-state index is 0.0366. The monoisotopic (exact) mass is 370 g/mol. The van der Waals surface area contributed by atoms with Crippen molar-refractivity contribution in [3.8, 4) is 0 Å². The second kappa shape index (κ2) is 9.28. The van der Waals surface area contributed by atoms with Gasteiger partial charge in [0.1, 0.15) is 0 Å². The summed E-state index contributed by atoms with van der Waals surface area (Å²) < 4.78 is 74.5. The molecule has 0 N–H and O–H groups in total. The van der Waals surface area contributed by atoms with Crippen molar-refractivity contribution >= 4 is 0 Å². The van der Waals surface area contributed by atoms with E-state index < -0.39 is 36.1 Å². The molecule has 3 heteroatoms. The van der Waals surface area contributed by atoms with E-state index in [2.05, 4.69) is 6.92 Å². The first-order valence-electron chi connectivity index (χ1n) is 12.2. The lowest BCUT2D eigenvalue weighted by atomic mass is 9.68. The fourth-order valence-electron chi connectivity index (χ4n) is 4.69. The molecule has 1 aromatic carbocycles. The van der Waals surface area contributed by atoms with Crippen LogP contribution in [0.3, 0.4) is 0 Å². The molecule has 3 rings (SSSR count). The molecule has 0 heterocycles. The van der Waals surface area contributed by atoms with Gasteiger partial charge in [0, 0.05) is 5.48 Å². The highest BCUT2D eigenvalue weighted by molar-refractivity contribution is 5.19. The number of halogens is 3. The van der Waals surface area contributed by atoms with Crippen molar-refractivity contribution in [2.24, 2.45) is 23.7 Å². The van der Waals surface area contributed by atoms with Gasteiger partial charge in [-0.1, -0.05) is 45.4 Å². The molecule has 0 aromatic heterocycles. The van der Waals surface area contributed by atoms with Gasteiger partial charge in [-0.25, -0.2) is 13.2 Å². The van der Waals surface area contributed by atoms with Gasteiger partial charge in [0.05, 0.1) is 0 Å². The molecule has 2 fully saturated rings. The number of aryl methyl sites for hydroxylation is 1. The molecule has 0 amide bonds. The summed E-state index contributed by atoms with van der Waals surface area (Å²) in [5, 5.41) is 0. The molecule has 0 spiro atoms. The first-order chi connectivity index (χ1) is 14.0. The van der Waals surface area contributed by atoms with Crippen molar-refractivity contribution in [2.45, 2.75) is 83.9 Å². The molecule has 2 aliphatic rings. The average Bonchev–Trinajstić information content (AvgIpc) is 2.65. The standard InChI is InChI=1S/C23H33F3/c1-2-3-16-6-10-19(11-7-16)20-12-8-17(9-13-20)4-5-18-14-21(24)23(26)22(25)15-18/h14-17,19-20H,2-13H2,1H3/i8D2,9D2. The number of benzene rings is 1. The molecule has 2 saturated carbocycles. The van der Waals surface area contributed by atoms with Crippen molar-refractivity contribution < 1.29 is 18.7 Å². The third-order valence-corrected chi connectivity index (χ3v) is 6.27. The van der Waals surface area contributed by atoms with Crippen LogP contribution in [0.15, 0.2) is 12.1 Å². The van der Waals surface area contributed by atoms with Crippen molar-refractivity contribution in [1.82, 2.24) is 0 Å². The van der Waals surface area contributed by atoms with E-state index >= 15 is 0 Å². The van der Waals surface area contributed by atoms with Crippen LogP contribution in [0.2, 0.25) is 0 Å². The summed E-state index contributed by atoms with van der Waals surface area (Å²) in [5.41, 5.74) is 0.231. The Morgan fingerprint density at radius 1 is 0.846 bits per heavy atom. The van der Waals surface area contributed by atoms with E-state index in [1.54, 1.807) is 0 Å². The predicted octanol–water partition coefficient (Wildman–Crippen LogP) is 7.45. The Morgan fingerprint density at radius 2 is 1.42 bits per heavy atom. The van der Waals surface area contributed by atoms with E-state index in [0.29, 0.717) is 18.8 Å². The normalized spacial score (nSPS) is 35.8. The van der Waals surface area contributed by atoms with Crippen molar-refractivity contribution in [2.75, 3.05) is 0 Å². The second-order valence-electron chi connectivity index (χ2n) is 8.11.